The van der Waals surface area contributed by atoms with Crippen LogP contribution in [0.3, 0.4) is 0 Å². The van der Waals surface area contributed by atoms with Gasteiger partial charge in [0.15, 0.2) is 17.1 Å². The van der Waals surface area contributed by atoms with Crippen LogP contribution in [0.2, 0.25) is 0 Å². The molecule has 38 heavy (non-hydrogen) atoms. The fourth-order valence-corrected chi connectivity index (χ4v) is 4.83. The number of carbonyl (C=O) groups is 1. The van der Waals surface area contributed by atoms with Crippen molar-refractivity contribution >= 4 is 11.6 Å². The van der Waals surface area contributed by atoms with Gasteiger partial charge < -0.3 is 14.4 Å². The van der Waals surface area contributed by atoms with E-state index in [-0.39, 0.29) is 23.9 Å². The summed E-state index contributed by atoms with van der Waals surface area (Å²) in [6, 6.07) is 15.9. The van der Waals surface area contributed by atoms with Crippen molar-refractivity contribution in [1.82, 2.24) is 24.4 Å². The summed E-state index contributed by atoms with van der Waals surface area (Å²) in [7, 11) is 0. The molecule has 2 aliphatic rings. The average molecular weight is 516 g/mol. The van der Waals surface area contributed by atoms with E-state index in [9.17, 15) is 9.18 Å². The van der Waals surface area contributed by atoms with Crippen LogP contribution >= 0.6 is 0 Å². The van der Waals surface area contributed by atoms with Crippen LogP contribution < -0.4 is 9.47 Å². The number of fused-ring (bicyclic) bond motifs is 2. The minimum absolute atomic E-state index is 0.0907. The zero-order valence-corrected chi connectivity index (χ0v) is 21.8. The highest BCUT2D eigenvalue weighted by atomic mass is 19.1. The lowest BCUT2D eigenvalue weighted by Crippen LogP contribution is -2.48. The number of ether oxygens (including phenoxy) is 2. The van der Waals surface area contributed by atoms with Crippen LogP contribution in [-0.4, -0.2) is 63.3 Å². The molecular formula is C29H30FN5O3. The van der Waals surface area contributed by atoms with Gasteiger partial charge in [-0.2, -0.15) is 5.10 Å². The number of rotatable bonds is 4. The second-order valence-corrected chi connectivity index (χ2v) is 10.8. The molecule has 4 heterocycles. The molecule has 2 aliphatic heterocycles. The molecule has 2 aromatic heterocycles. The van der Waals surface area contributed by atoms with Crippen LogP contribution in [0.25, 0.3) is 16.9 Å². The molecule has 0 unspecified atom stereocenters. The molecule has 1 saturated heterocycles. The van der Waals surface area contributed by atoms with Crippen molar-refractivity contribution in [2.75, 3.05) is 33.0 Å². The Bertz CT molecular complexity index is 1500. The highest BCUT2D eigenvalue weighted by Crippen LogP contribution is 2.33. The number of hydrogen-bond donors (Lipinski definition) is 0. The maximum absolute atomic E-state index is 13.8. The Kier molecular flexibility index (Phi) is 6.03. The predicted molar refractivity (Wildman–Crippen MR) is 141 cm³/mol. The van der Waals surface area contributed by atoms with Crippen LogP contribution in [0.15, 0.2) is 54.6 Å². The molecular weight excluding hydrogens is 485 g/mol. The summed E-state index contributed by atoms with van der Waals surface area (Å²) in [5, 5.41) is 4.76. The first kappa shape index (κ1) is 24.4. The number of benzene rings is 2. The Morgan fingerprint density at radius 2 is 1.68 bits per heavy atom. The standard InChI is InChI=1S/C29H30FN5O3/c1-29(2,3)26-16-27-31-22(20-5-7-21(30)8-6-20)15-23(35(27)32-26)28(36)34-12-10-33(11-13-34)17-19-4-9-24-25(14-19)38-18-37-24/h4-9,14-16H,10-13,17-18H2,1-3H3. The zero-order chi connectivity index (χ0) is 26.4. The topological polar surface area (TPSA) is 72.2 Å². The lowest BCUT2D eigenvalue weighted by atomic mass is 9.93. The summed E-state index contributed by atoms with van der Waals surface area (Å²) in [5.74, 6) is 1.15. The summed E-state index contributed by atoms with van der Waals surface area (Å²) in [6.07, 6.45) is 0. The summed E-state index contributed by atoms with van der Waals surface area (Å²) in [4.78, 5) is 22.8. The molecule has 4 aromatic rings. The van der Waals surface area contributed by atoms with Crippen LogP contribution in [-0.2, 0) is 12.0 Å². The van der Waals surface area contributed by atoms with Gasteiger partial charge in [-0.3, -0.25) is 9.69 Å². The first-order chi connectivity index (χ1) is 18.2. The van der Waals surface area contributed by atoms with Gasteiger partial charge in [0.05, 0.1) is 11.4 Å². The van der Waals surface area contributed by atoms with Gasteiger partial charge in [0.1, 0.15) is 11.5 Å². The maximum Gasteiger partial charge on any atom is 0.272 e. The summed E-state index contributed by atoms with van der Waals surface area (Å²) >= 11 is 0. The third-order valence-electron chi connectivity index (χ3n) is 7.06. The van der Waals surface area contributed by atoms with Crippen LogP contribution in [0.4, 0.5) is 4.39 Å². The quantitative estimate of drug-likeness (QED) is 0.398. The summed E-state index contributed by atoms with van der Waals surface area (Å²) in [6.45, 7) is 10.00. The van der Waals surface area contributed by atoms with Crippen LogP contribution in [0.5, 0.6) is 11.5 Å². The molecule has 0 N–H and O–H groups in total. The zero-order valence-electron chi connectivity index (χ0n) is 21.8. The van der Waals surface area contributed by atoms with Gasteiger partial charge in [-0.05, 0) is 48.0 Å². The third kappa shape index (κ3) is 4.69. The van der Waals surface area contributed by atoms with Crippen molar-refractivity contribution < 1.29 is 18.7 Å². The SMILES string of the molecule is CC(C)(C)c1cc2nc(-c3ccc(F)cc3)cc(C(=O)N3CCN(Cc4ccc5c(c4)OCO5)CC3)n2n1. The van der Waals surface area contributed by atoms with E-state index in [0.717, 1.165) is 48.0 Å². The minimum atomic E-state index is -0.316. The van der Waals surface area contributed by atoms with Crippen molar-refractivity contribution in [3.63, 3.8) is 0 Å². The van der Waals surface area contributed by atoms with E-state index in [1.165, 1.54) is 12.1 Å². The normalized spacial score (nSPS) is 15.8. The van der Waals surface area contributed by atoms with E-state index in [2.05, 4.69) is 31.7 Å². The number of halogens is 1. The van der Waals surface area contributed by atoms with E-state index in [0.29, 0.717) is 30.1 Å². The molecule has 1 amide bonds. The number of hydrogen-bond acceptors (Lipinski definition) is 6. The van der Waals surface area contributed by atoms with Gasteiger partial charge in [-0.25, -0.2) is 13.9 Å². The van der Waals surface area contributed by atoms with Crippen molar-refractivity contribution in [1.29, 1.82) is 0 Å². The van der Waals surface area contributed by atoms with Gasteiger partial charge in [0.2, 0.25) is 6.79 Å². The van der Waals surface area contributed by atoms with Gasteiger partial charge in [-0.1, -0.05) is 26.8 Å². The Labute approximate surface area is 220 Å². The second kappa shape index (κ2) is 9.40. The summed E-state index contributed by atoms with van der Waals surface area (Å²) in [5.41, 5.74) is 4.21. The van der Waals surface area contributed by atoms with Crippen molar-refractivity contribution in [3.05, 3.63) is 77.4 Å². The maximum atomic E-state index is 13.8. The first-order valence-corrected chi connectivity index (χ1v) is 12.8. The van der Waals surface area contributed by atoms with Gasteiger partial charge in [-0.15, -0.1) is 0 Å². The number of aromatic nitrogens is 3. The van der Waals surface area contributed by atoms with Gasteiger partial charge >= 0.3 is 0 Å². The molecule has 0 spiro atoms. The Balaban J connectivity index is 1.24. The van der Waals surface area contributed by atoms with Crippen molar-refractivity contribution in [3.8, 4) is 22.8 Å². The molecule has 0 radical (unpaired) electrons. The van der Waals surface area contributed by atoms with Crippen LogP contribution in [0.1, 0.15) is 42.5 Å². The molecule has 2 aromatic carbocycles. The van der Waals surface area contributed by atoms with Crippen molar-refractivity contribution in [2.45, 2.75) is 32.7 Å². The van der Waals surface area contributed by atoms with Crippen molar-refractivity contribution in [2.24, 2.45) is 0 Å². The molecule has 0 bridgehead atoms. The molecule has 6 rings (SSSR count). The number of amides is 1. The Morgan fingerprint density at radius 1 is 0.947 bits per heavy atom. The molecule has 1 fully saturated rings. The molecule has 0 aliphatic carbocycles. The number of piperazine rings is 1. The lowest BCUT2D eigenvalue weighted by Gasteiger charge is -2.34. The molecule has 8 nitrogen and oxygen atoms in total. The first-order valence-electron chi connectivity index (χ1n) is 12.8. The molecule has 9 heteroatoms. The smallest absolute Gasteiger partial charge is 0.272 e. The third-order valence-corrected chi connectivity index (χ3v) is 7.06. The highest BCUT2D eigenvalue weighted by Gasteiger charge is 2.27. The molecule has 196 valence electrons. The summed E-state index contributed by atoms with van der Waals surface area (Å²) < 4.78 is 26.1. The molecule has 0 atom stereocenters. The highest BCUT2D eigenvalue weighted by molar-refractivity contribution is 5.94. The van der Waals surface area contributed by atoms with E-state index >= 15 is 0 Å². The number of nitrogens with zero attached hydrogens (tertiary/aromatic N) is 5. The van der Waals surface area contributed by atoms with E-state index in [1.807, 2.05) is 23.1 Å². The van der Waals surface area contributed by atoms with Gasteiger partial charge in [0.25, 0.3) is 5.91 Å². The minimum Gasteiger partial charge on any atom is -0.454 e. The monoisotopic (exact) mass is 515 g/mol. The largest absolute Gasteiger partial charge is 0.454 e. The Morgan fingerprint density at radius 3 is 2.42 bits per heavy atom. The Hall–Kier alpha value is -3.98. The molecule has 0 saturated carbocycles. The van der Waals surface area contributed by atoms with E-state index < -0.39 is 0 Å². The fraction of sp³-hybridized carbons (Fsp3) is 0.345. The second-order valence-electron chi connectivity index (χ2n) is 10.8. The van der Waals surface area contributed by atoms with Crippen LogP contribution in [0, 0.1) is 5.82 Å². The fourth-order valence-electron chi connectivity index (χ4n) is 4.83. The lowest BCUT2D eigenvalue weighted by molar-refractivity contribution is 0.0619. The average Bonchev–Trinajstić information content (AvgIpc) is 3.55. The number of carbonyl (C=O) groups excluding carboxylic acids is 1. The van der Waals surface area contributed by atoms with Gasteiger partial charge in [0, 0.05) is 49.8 Å². The van der Waals surface area contributed by atoms with E-state index in [1.54, 1.807) is 22.7 Å². The predicted octanol–water partition coefficient (Wildman–Crippen LogP) is 4.52. The van der Waals surface area contributed by atoms with E-state index in [4.69, 9.17) is 19.6 Å².